The molecule has 76 valence electrons. The second-order valence-electron chi connectivity index (χ2n) is 3.83. The third-order valence-electron chi connectivity index (χ3n) is 2.93. The summed E-state index contributed by atoms with van der Waals surface area (Å²) in [5, 5.41) is 1.37. The maximum Gasteiger partial charge on any atom is 0.0702 e. The highest BCUT2D eigenvalue weighted by molar-refractivity contribution is 5.90. The second kappa shape index (κ2) is 3.16. The molecule has 0 radical (unpaired) electrons. The van der Waals surface area contributed by atoms with Gasteiger partial charge in [0.05, 0.1) is 11.2 Å². The highest BCUT2D eigenvalue weighted by atomic mass is 15.4. The number of fused-ring (bicyclic) bond motifs is 3. The third-order valence-corrected chi connectivity index (χ3v) is 2.93. The van der Waals surface area contributed by atoms with Crippen LogP contribution in [-0.4, -0.2) is 11.2 Å². The molecular weight excluding hydrogens is 184 g/mol. The lowest BCUT2D eigenvalue weighted by molar-refractivity contribution is 0.890. The van der Waals surface area contributed by atoms with E-state index in [-0.39, 0.29) is 0 Å². The predicted molar refractivity (Wildman–Crippen MR) is 64.6 cm³/mol. The van der Waals surface area contributed by atoms with Gasteiger partial charge < -0.3 is 5.43 Å². The Bertz CT molecular complexity index is 535. The number of allylic oxidation sites excluding steroid dienone is 1. The molecule has 0 saturated heterocycles. The van der Waals surface area contributed by atoms with Crippen LogP contribution < -0.4 is 5.43 Å². The van der Waals surface area contributed by atoms with Crippen LogP contribution in [0.1, 0.15) is 18.2 Å². The van der Waals surface area contributed by atoms with Crippen LogP contribution in [0.4, 0.5) is 0 Å². The molecule has 1 aromatic heterocycles. The van der Waals surface area contributed by atoms with E-state index in [1.54, 1.807) is 0 Å². The summed E-state index contributed by atoms with van der Waals surface area (Å²) in [5.74, 6) is 0. The van der Waals surface area contributed by atoms with Crippen molar-refractivity contribution in [1.82, 2.24) is 4.68 Å². The predicted octanol–water partition coefficient (Wildman–Crippen LogP) is 2.77. The van der Waals surface area contributed by atoms with Gasteiger partial charge in [0.25, 0.3) is 0 Å². The molecule has 0 spiro atoms. The first-order valence-corrected chi connectivity index (χ1v) is 5.44. The van der Waals surface area contributed by atoms with Crippen LogP contribution >= 0.6 is 0 Å². The molecule has 3 rings (SSSR count). The lowest BCUT2D eigenvalue weighted by Gasteiger charge is -2.08. The number of benzene rings is 1. The molecule has 15 heavy (non-hydrogen) atoms. The van der Waals surface area contributed by atoms with Gasteiger partial charge in [0, 0.05) is 11.9 Å². The fraction of sp³-hybridized carbons (Fsp3) is 0.231. The first-order valence-electron chi connectivity index (χ1n) is 5.44. The summed E-state index contributed by atoms with van der Waals surface area (Å²) in [6, 6.07) is 8.57. The lowest BCUT2D eigenvalue weighted by Crippen LogP contribution is -2.14. The van der Waals surface area contributed by atoms with Gasteiger partial charge in [-0.05, 0) is 31.1 Å². The molecule has 0 bridgehead atoms. The molecule has 1 aromatic carbocycles. The van der Waals surface area contributed by atoms with Crippen molar-refractivity contribution in [3.63, 3.8) is 0 Å². The molecule has 0 saturated carbocycles. The molecule has 1 N–H and O–H groups in total. The smallest absolute Gasteiger partial charge is 0.0702 e. The maximum atomic E-state index is 3.40. The zero-order chi connectivity index (χ0) is 10.3. The summed E-state index contributed by atoms with van der Waals surface area (Å²) in [5.41, 5.74) is 7.45. The van der Waals surface area contributed by atoms with Crippen molar-refractivity contribution < 1.29 is 0 Å². The van der Waals surface area contributed by atoms with Crippen LogP contribution in [0.3, 0.4) is 0 Å². The van der Waals surface area contributed by atoms with Crippen LogP contribution in [-0.2, 0) is 6.42 Å². The molecule has 1 heterocycles. The van der Waals surface area contributed by atoms with Gasteiger partial charge in [0.15, 0.2) is 0 Å². The zero-order valence-electron chi connectivity index (χ0n) is 8.83. The average Bonchev–Trinajstić information content (AvgIpc) is 2.82. The fourth-order valence-electron chi connectivity index (χ4n) is 2.33. The maximum absolute atomic E-state index is 3.40. The monoisotopic (exact) mass is 198 g/mol. The molecule has 2 heteroatoms. The SMILES string of the molecule is CCNn1c2c(c3ccccc31)CC=C2. The largest absolute Gasteiger partial charge is 0.326 e. The van der Waals surface area contributed by atoms with Crippen molar-refractivity contribution in [2.24, 2.45) is 0 Å². The molecule has 0 unspecified atom stereocenters. The van der Waals surface area contributed by atoms with Gasteiger partial charge in [-0.15, -0.1) is 0 Å². The summed E-state index contributed by atoms with van der Waals surface area (Å²) >= 11 is 0. The van der Waals surface area contributed by atoms with E-state index in [4.69, 9.17) is 0 Å². The van der Waals surface area contributed by atoms with Crippen molar-refractivity contribution in [3.8, 4) is 0 Å². The summed E-state index contributed by atoms with van der Waals surface area (Å²) < 4.78 is 2.20. The first-order chi connectivity index (χ1) is 7.42. The Kier molecular flexibility index (Phi) is 1.81. The van der Waals surface area contributed by atoms with Crippen LogP contribution in [0, 0.1) is 0 Å². The van der Waals surface area contributed by atoms with Crippen LogP contribution in [0.2, 0.25) is 0 Å². The van der Waals surface area contributed by atoms with Crippen molar-refractivity contribution in [2.45, 2.75) is 13.3 Å². The van der Waals surface area contributed by atoms with Gasteiger partial charge >= 0.3 is 0 Å². The van der Waals surface area contributed by atoms with Gasteiger partial charge in [-0.25, -0.2) is 0 Å². The van der Waals surface area contributed by atoms with Crippen LogP contribution in [0.15, 0.2) is 30.3 Å². The van der Waals surface area contributed by atoms with Gasteiger partial charge in [0.1, 0.15) is 0 Å². The highest BCUT2D eigenvalue weighted by Crippen LogP contribution is 2.30. The van der Waals surface area contributed by atoms with Crippen molar-refractivity contribution in [1.29, 1.82) is 0 Å². The van der Waals surface area contributed by atoms with E-state index < -0.39 is 0 Å². The number of para-hydroxylation sites is 1. The van der Waals surface area contributed by atoms with Gasteiger partial charge in [-0.1, -0.05) is 24.3 Å². The quantitative estimate of drug-likeness (QED) is 0.785. The Morgan fingerprint density at radius 3 is 3.07 bits per heavy atom. The molecule has 1 aliphatic carbocycles. The summed E-state index contributed by atoms with van der Waals surface area (Å²) in [7, 11) is 0. The minimum atomic E-state index is 0.943. The second-order valence-corrected chi connectivity index (χ2v) is 3.83. The van der Waals surface area contributed by atoms with E-state index in [9.17, 15) is 0 Å². The number of hydrogen-bond donors (Lipinski definition) is 1. The van der Waals surface area contributed by atoms with E-state index in [0.717, 1.165) is 13.0 Å². The Morgan fingerprint density at radius 1 is 1.33 bits per heavy atom. The average molecular weight is 198 g/mol. The normalized spacial score (nSPS) is 13.4. The summed E-state index contributed by atoms with van der Waals surface area (Å²) in [6.07, 6.45) is 5.50. The van der Waals surface area contributed by atoms with E-state index in [1.165, 1.54) is 22.2 Å². The molecular formula is C13H14N2. The van der Waals surface area contributed by atoms with Crippen molar-refractivity contribution >= 4 is 17.0 Å². The molecule has 2 aromatic rings. The lowest BCUT2D eigenvalue weighted by atomic mass is 10.1. The number of hydrogen-bond acceptors (Lipinski definition) is 1. The zero-order valence-corrected chi connectivity index (χ0v) is 8.83. The number of nitrogens with zero attached hydrogens (tertiary/aromatic N) is 1. The number of nitrogens with one attached hydrogen (secondary N) is 1. The minimum absolute atomic E-state index is 0.943. The highest BCUT2D eigenvalue weighted by Gasteiger charge is 2.16. The Balaban J connectivity index is 2.35. The van der Waals surface area contributed by atoms with E-state index in [0.29, 0.717) is 0 Å². The van der Waals surface area contributed by atoms with E-state index in [2.05, 4.69) is 53.4 Å². The minimum Gasteiger partial charge on any atom is -0.326 e. The van der Waals surface area contributed by atoms with Crippen LogP contribution in [0.5, 0.6) is 0 Å². The number of aromatic nitrogens is 1. The summed E-state index contributed by atoms with van der Waals surface area (Å²) in [6.45, 7) is 3.07. The third kappa shape index (κ3) is 1.11. The molecule has 0 fully saturated rings. The van der Waals surface area contributed by atoms with Gasteiger partial charge in [-0.2, -0.15) is 0 Å². The van der Waals surface area contributed by atoms with Crippen LogP contribution in [0.25, 0.3) is 17.0 Å². The Morgan fingerprint density at radius 2 is 2.20 bits per heavy atom. The van der Waals surface area contributed by atoms with Crippen molar-refractivity contribution in [2.75, 3.05) is 12.0 Å². The Hall–Kier alpha value is -1.70. The first kappa shape index (κ1) is 8.60. The summed E-state index contributed by atoms with van der Waals surface area (Å²) in [4.78, 5) is 0. The molecule has 2 nitrogen and oxygen atoms in total. The topological polar surface area (TPSA) is 17.0 Å². The molecule has 0 amide bonds. The van der Waals surface area contributed by atoms with Gasteiger partial charge in [-0.3, -0.25) is 4.68 Å². The molecule has 1 aliphatic rings. The molecule has 0 atom stereocenters. The number of rotatable bonds is 2. The van der Waals surface area contributed by atoms with Gasteiger partial charge in [0.2, 0.25) is 0 Å². The standard InChI is InChI=1S/C13H14N2/c1-2-14-15-12-8-4-3-6-10(12)11-7-5-9-13(11)15/h3-6,8-9,14H,2,7H2,1H3. The van der Waals surface area contributed by atoms with E-state index >= 15 is 0 Å². The fourth-order valence-corrected chi connectivity index (χ4v) is 2.33. The molecule has 0 aliphatic heterocycles. The van der Waals surface area contributed by atoms with Crippen molar-refractivity contribution in [3.05, 3.63) is 41.6 Å². The van der Waals surface area contributed by atoms with E-state index in [1.807, 2.05) is 0 Å². The Labute approximate surface area is 89.2 Å².